The normalized spacial score (nSPS) is 10.3. The summed E-state index contributed by atoms with van der Waals surface area (Å²) in [4.78, 5) is 11.7. The number of rotatable bonds is 5. The fourth-order valence-electron chi connectivity index (χ4n) is 2.12. The summed E-state index contributed by atoms with van der Waals surface area (Å²) in [6, 6.07) is 15.8. The van der Waals surface area contributed by atoms with Crippen LogP contribution in [0.2, 0.25) is 0 Å². The molecule has 2 rings (SSSR count). The summed E-state index contributed by atoms with van der Waals surface area (Å²) >= 11 is 0. The maximum absolute atomic E-state index is 11.7. The lowest BCUT2D eigenvalue weighted by Gasteiger charge is -2.10. The molecule has 0 saturated carbocycles. The lowest BCUT2D eigenvalue weighted by molar-refractivity contribution is 0.0599. The Bertz CT molecular complexity index is 593. The van der Waals surface area contributed by atoms with Crippen LogP contribution in [-0.2, 0) is 17.8 Å². The zero-order chi connectivity index (χ0) is 14.4. The minimum Gasteiger partial charge on any atom is -0.465 e. The van der Waals surface area contributed by atoms with E-state index in [1.54, 1.807) is 6.07 Å². The van der Waals surface area contributed by atoms with E-state index in [-0.39, 0.29) is 5.97 Å². The average Bonchev–Trinajstić information content (AvgIpc) is 2.49. The fraction of sp³-hybridized carbons (Fsp3) is 0.235. The van der Waals surface area contributed by atoms with Gasteiger partial charge in [-0.05, 0) is 29.7 Å². The van der Waals surface area contributed by atoms with Crippen molar-refractivity contribution < 1.29 is 9.53 Å². The molecule has 0 spiro atoms. The highest BCUT2D eigenvalue weighted by Gasteiger charge is 2.10. The quantitative estimate of drug-likeness (QED) is 0.848. The topological polar surface area (TPSA) is 38.3 Å². The second kappa shape index (κ2) is 6.87. The summed E-state index contributed by atoms with van der Waals surface area (Å²) in [7, 11) is 1.40. The number of carbonyl (C=O) groups is 1. The maximum Gasteiger partial charge on any atom is 0.338 e. The van der Waals surface area contributed by atoms with Crippen LogP contribution in [0, 0.1) is 6.92 Å². The van der Waals surface area contributed by atoms with Crippen LogP contribution in [0.4, 0.5) is 0 Å². The van der Waals surface area contributed by atoms with Gasteiger partial charge in [-0.3, -0.25) is 0 Å². The Morgan fingerprint density at radius 3 is 2.30 bits per heavy atom. The molecule has 20 heavy (non-hydrogen) atoms. The van der Waals surface area contributed by atoms with Gasteiger partial charge < -0.3 is 10.1 Å². The summed E-state index contributed by atoms with van der Waals surface area (Å²) in [5.74, 6) is -0.293. The van der Waals surface area contributed by atoms with Gasteiger partial charge in [-0.2, -0.15) is 0 Å². The van der Waals surface area contributed by atoms with Crippen LogP contribution in [0.5, 0.6) is 0 Å². The highest BCUT2D eigenvalue weighted by Crippen LogP contribution is 2.11. The number of benzene rings is 2. The molecular weight excluding hydrogens is 250 g/mol. The van der Waals surface area contributed by atoms with Gasteiger partial charge in [0.05, 0.1) is 12.7 Å². The molecule has 3 nitrogen and oxygen atoms in total. The third kappa shape index (κ3) is 3.45. The number of esters is 1. The first kappa shape index (κ1) is 14.3. The highest BCUT2D eigenvalue weighted by molar-refractivity contribution is 5.90. The van der Waals surface area contributed by atoms with Crippen molar-refractivity contribution in [2.45, 2.75) is 20.0 Å². The van der Waals surface area contributed by atoms with Gasteiger partial charge in [0, 0.05) is 13.1 Å². The van der Waals surface area contributed by atoms with Crippen LogP contribution in [-0.4, -0.2) is 13.1 Å². The van der Waals surface area contributed by atoms with E-state index < -0.39 is 0 Å². The molecule has 0 heterocycles. The fourth-order valence-corrected chi connectivity index (χ4v) is 2.12. The standard InChI is InChI=1S/C17H19NO2/c1-13-7-3-4-8-14(13)11-18-12-15-9-5-6-10-16(15)17(19)20-2/h3-10,18H,11-12H2,1-2H3. The minimum atomic E-state index is -0.293. The third-order valence-corrected chi connectivity index (χ3v) is 3.31. The van der Waals surface area contributed by atoms with Crippen LogP contribution in [0.3, 0.4) is 0 Å². The SMILES string of the molecule is COC(=O)c1ccccc1CNCc1ccccc1C. The summed E-state index contributed by atoms with van der Waals surface area (Å²) in [6.45, 7) is 3.52. The molecule has 2 aromatic carbocycles. The van der Waals surface area contributed by atoms with Crippen molar-refractivity contribution in [1.29, 1.82) is 0 Å². The number of aryl methyl sites for hydroxylation is 1. The molecule has 0 saturated heterocycles. The molecule has 0 atom stereocenters. The highest BCUT2D eigenvalue weighted by atomic mass is 16.5. The zero-order valence-electron chi connectivity index (χ0n) is 11.8. The molecule has 0 aliphatic heterocycles. The van der Waals surface area contributed by atoms with Crippen LogP contribution in [0.15, 0.2) is 48.5 Å². The lowest BCUT2D eigenvalue weighted by Crippen LogP contribution is -2.16. The molecule has 3 heteroatoms. The van der Waals surface area contributed by atoms with Crippen LogP contribution in [0.25, 0.3) is 0 Å². The molecule has 0 bridgehead atoms. The molecule has 0 aromatic heterocycles. The van der Waals surface area contributed by atoms with E-state index >= 15 is 0 Å². The molecule has 0 aliphatic carbocycles. The van der Waals surface area contributed by atoms with Gasteiger partial charge in [-0.25, -0.2) is 4.79 Å². The predicted molar refractivity (Wildman–Crippen MR) is 79.5 cm³/mol. The summed E-state index contributed by atoms with van der Waals surface area (Å²) < 4.78 is 4.79. The van der Waals surface area contributed by atoms with Gasteiger partial charge in [-0.15, -0.1) is 0 Å². The molecule has 104 valence electrons. The summed E-state index contributed by atoms with van der Waals surface area (Å²) in [5.41, 5.74) is 4.10. The van der Waals surface area contributed by atoms with Gasteiger partial charge in [0.1, 0.15) is 0 Å². The smallest absolute Gasteiger partial charge is 0.338 e. The van der Waals surface area contributed by atoms with Gasteiger partial charge in [-0.1, -0.05) is 42.5 Å². The Labute approximate surface area is 119 Å². The van der Waals surface area contributed by atoms with Gasteiger partial charge in [0.15, 0.2) is 0 Å². The molecule has 0 amide bonds. The van der Waals surface area contributed by atoms with Crippen LogP contribution >= 0.6 is 0 Å². The number of carbonyl (C=O) groups excluding carboxylic acids is 1. The first-order valence-corrected chi connectivity index (χ1v) is 6.64. The van der Waals surface area contributed by atoms with E-state index in [0.717, 1.165) is 12.1 Å². The Kier molecular flexibility index (Phi) is 4.91. The van der Waals surface area contributed by atoms with E-state index in [0.29, 0.717) is 12.1 Å². The predicted octanol–water partition coefficient (Wildman–Crippen LogP) is 3.07. The van der Waals surface area contributed by atoms with Crippen molar-refractivity contribution in [3.8, 4) is 0 Å². The molecule has 2 aromatic rings. The van der Waals surface area contributed by atoms with Crippen molar-refractivity contribution >= 4 is 5.97 Å². The van der Waals surface area contributed by atoms with Gasteiger partial charge in [0.25, 0.3) is 0 Å². The first-order valence-electron chi connectivity index (χ1n) is 6.64. The Morgan fingerprint density at radius 2 is 1.60 bits per heavy atom. The summed E-state index contributed by atoms with van der Waals surface area (Å²) in [6.07, 6.45) is 0. The molecule has 0 aliphatic rings. The second-order valence-electron chi connectivity index (χ2n) is 4.68. The Morgan fingerprint density at radius 1 is 1.00 bits per heavy atom. The summed E-state index contributed by atoms with van der Waals surface area (Å²) in [5, 5.41) is 3.37. The van der Waals surface area contributed by atoms with Crippen molar-refractivity contribution in [2.24, 2.45) is 0 Å². The Balaban J connectivity index is 2.01. The Hall–Kier alpha value is -2.13. The zero-order valence-corrected chi connectivity index (χ0v) is 11.8. The lowest BCUT2D eigenvalue weighted by atomic mass is 10.1. The van der Waals surface area contributed by atoms with Gasteiger partial charge in [0.2, 0.25) is 0 Å². The number of hydrogen-bond donors (Lipinski definition) is 1. The molecule has 0 radical (unpaired) electrons. The molecule has 0 fully saturated rings. The van der Waals surface area contributed by atoms with E-state index in [1.165, 1.54) is 18.2 Å². The van der Waals surface area contributed by atoms with Crippen LogP contribution in [0.1, 0.15) is 27.0 Å². The number of nitrogens with one attached hydrogen (secondary N) is 1. The second-order valence-corrected chi connectivity index (χ2v) is 4.68. The van der Waals surface area contributed by atoms with Crippen molar-refractivity contribution in [1.82, 2.24) is 5.32 Å². The number of ether oxygens (including phenoxy) is 1. The average molecular weight is 269 g/mol. The molecular formula is C17H19NO2. The largest absolute Gasteiger partial charge is 0.465 e. The van der Waals surface area contributed by atoms with Crippen molar-refractivity contribution in [3.05, 3.63) is 70.8 Å². The van der Waals surface area contributed by atoms with Crippen molar-refractivity contribution in [3.63, 3.8) is 0 Å². The molecule has 1 N–H and O–H groups in total. The third-order valence-electron chi connectivity index (χ3n) is 3.31. The van der Waals surface area contributed by atoms with Crippen molar-refractivity contribution in [2.75, 3.05) is 7.11 Å². The maximum atomic E-state index is 11.7. The minimum absolute atomic E-state index is 0.293. The van der Waals surface area contributed by atoms with E-state index in [9.17, 15) is 4.79 Å². The number of methoxy groups -OCH3 is 1. The van der Waals surface area contributed by atoms with E-state index in [4.69, 9.17) is 4.74 Å². The molecule has 0 unspecified atom stereocenters. The van der Waals surface area contributed by atoms with Gasteiger partial charge >= 0.3 is 5.97 Å². The monoisotopic (exact) mass is 269 g/mol. The number of hydrogen-bond acceptors (Lipinski definition) is 3. The van der Waals surface area contributed by atoms with E-state index in [2.05, 4.69) is 24.4 Å². The first-order chi connectivity index (χ1) is 9.72. The van der Waals surface area contributed by atoms with Crippen LogP contribution < -0.4 is 5.32 Å². The van der Waals surface area contributed by atoms with E-state index in [1.807, 2.05) is 30.3 Å².